The lowest BCUT2D eigenvalue weighted by molar-refractivity contribution is 0.0735. The normalized spacial score (nSPS) is 18.0. The average Bonchev–Trinajstić information content (AvgIpc) is 2.95. The van der Waals surface area contributed by atoms with Gasteiger partial charge >= 0.3 is 0 Å². The first kappa shape index (κ1) is 13.6. The van der Waals surface area contributed by atoms with Crippen LogP contribution in [0.3, 0.4) is 0 Å². The molecule has 1 aromatic heterocycles. The number of hydrogen-bond acceptors (Lipinski definition) is 3. The van der Waals surface area contributed by atoms with E-state index in [4.69, 9.17) is 5.73 Å². The third kappa shape index (κ3) is 2.75. The molecule has 1 aromatic carbocycles. The number of aryl methyl sites for hydroxylation is 1. The van der Waals surface area contributed by atoms with Crippen LogP contribution in [0.15, 0.2) is 42.7 Å². The molecule has 21 heavy (non-hydrogen) atoms. The fraction of sp³-hybridized carbons (Fsp3) is 0.294. The van der Waals surface area contributed by atoms with Crippen LogP contribution in [0.2, 0.25) is 0 Å². The van der Waals surface area contributed by atoms with E-state index in [0.717, 1.165) is 30.5 Å². The highest BCUT2D eigenvalue weighted by Crippen LogP contribution is 2.33. The molecular weight excluding hydrogens is 262 g/mol. The van der Waals surface area contributed by atoms with Crippen molar-refractivity contribution in [3.63, 3.8) is 0 Å². The maximum Gasteiger partial charge on any atom is 0.254 e. The second kappa shape index (κ2) is 5.56. The molecular formula is C17H19N3O. The highest BCUT2D eigenvalue weighted by atomic mass is 16.2. The van der Waals surface area contributed by atoms with Crippen LogP contribution in [0, 0.1) is 6.92 Å². The minimum atomic E-state index is 0.0599. The van der Waals surface area contributed by atoms with E-state index < -0.39 is 0 Å². The highest BCUT2D eigenvalue weighted by Gasteiger charge is 2.30. The van der Waals surface area contributed by atoms with E-state index in [1.54, 1.807) is 18.5 Å². The number of rotatable bonds is 2. The van der Waals surface area contributed by atoms with Crippen LogP contribution in [0.1, 0.15) is 40.4 Å². The van der Waals surface area contributed by atoms with E-state index in [-0.39, 0.29) is 11.9 Å². The van der Waals surface area contributed by atoms with Crippen molar-refractivity contribution < 1.29 is 4.79 Å². The van der Waals surface area contributed by atoms with Crippen molar-refractivity contribution in [2.75, 3.05) is 12.3 Å². The smallest absolute Gasteiger partial charge is 0.254 e. The summed E-state index contributed by atoms with van der Waals surface area (Å²) in [4.78, 5) is 18.8. The van der Waals surface area contributed by atoms with Crippen molar-refractivity contribution in [1.82, 2.24) is 9.88 Å². The molecule has 2 N–H and O–H groups in total. The molecule has 1 aliphatic rings. The predicted molar refractivity (Wildman–Crippen MR) is 82.8 cm³/mol. The van der Waals surface area contributed by atoms with Crippen molar-refractivity contribution >= 4 is 11.6 Å². The molecule has 1 aliphatic heterocycles. The second-order valence-electron chi connectivity index (χ2n) is 5.57. The Morgan fingerprint density at radius 3 is 2.76 bits per heavy atom. The SMILES string of the molecule is Cc1cc(N)cc(C(=O)N2CCCC2c2ccncc2)c1. The molecule has 108 valence electrons. The third-order valence-corrected chi connectivity index (χ3v) is 3.95. The molecule has 0 bridgehead atoms. The van der Waals surface area contributed by atoms with Crippen LogP contribution in [-0.4, -0.2) is 22.3 Å². The lowest BCUT2D eigenvalue weighted by Gasteiger charge is -2.25. The molecule has 0 radical (unpaired) electrons. The Kier molecular flexibility index (Phi) is 3.60. The number of carbonyl (C=O) groups is 1. The van der Waals surface area contributed by atoms with Gasteiger partial charge in [-0.25, -0.2) is 0 Å². The number of hydrogen-bond donors (Lipinski definition) is 1. The first-order chi connectivity index (χ1) is 10.1. The van der Waals surface area contributed by atoms with Gasteiger partial charge in [-0.2, -0.15) is 0 Å². The van der Waals surface area contributed by atoms with Crippen LogP contribution in [0.25, 0.3) is 0 Å². The van der Waals surface area contributed by atoms with Crippen LogP contribution in [0.4, 0.5) is 5.69 Å². The van der Waals surface area contributed by atoms with Gasteiger partial charge in [0.2, 0.25) is 0 Å². The molecule has 0 spiro atoms. The topological polar surface area (TPSA) is 59.2 Å². The molecule has 0 saturated carbocycles. The summed E-state index contributed by atoms with van der Waals surface area (Å²) in [7, 11) is 0. The summed E-state index contributed by atoms with van der Waals surface area (Å²) in [5.41, 5.74) is 9.34. The Balaban J connectivity index is 1.90. The van der Waals surface area contributed by atoms with E-state index in [9.17, 15) is 4.79 Å². The van der Waals surface area contributed by atoms with Gasteiger partial charge in [0.05, 0.1) is 6.04 Å². The van der Waals surface area contributed by atoms with Gasteiger partial charge in [0, 0.05) is 30.2 Å². The van der Waals surface area contributed by atoms with Crippen molar-refractivity contribution in [2.24, 2.45) is 0 Å². The summed E-state index contributed by atoms with van der Waals surface area (Å²) >= 11 is 0. The maximum atomic E-state index is 12.8. The molecule has 1 unspecified atom stereocenters. The van der Waals surface area contributed by atoms with Crippen LogP contribution < -0.4 is 5.73 Å². The largest absolute Gasteiger partial charge is 0.399 e. The summed E-state index contributed by atoms with van der Waals surface area (Å²) in [5.74, 6) is 0.0599. The standard InChI is InChI=1S/C17H19N3O/c1-12-9-14(11-15(18)10-12)17(21)20-8-2-3-16(20)13-4-6-19-7-5-13/h4-7,9-11,16H,2-3,8,18H2,1H3. The maximum absolute atomic E-state index is 12.8. The molecule has 1 fully saturated rings. The Morgan fingerprint density at radius 2 is 2.05 bits per heavy atom. The molecule has 4 nitrogen and oxygen atoms in total. The van der Waals surface area contributed by atoms with Gasteiger partial charge in [0.1, 0.15) is 0 Å². The summed E-state index contributed by atoms with van der Waals surface area (Å²) in [6, 6.07) is 9.66. The van der Waals surface area contributed by atoms with E-state index >= 15 is 0 Å². The quantitative estimate of drug-likeness (QED) is 0.861. The lowest BCUT2D eigenvalue weighted by atomic mass is 10.0. The van der Waals surface area contributed by atoms with Crippen molar-refractivity contribution in [3.05, 3.63) is 59.4 Å². The average molecular weight is 281 g/mol. The van der Waals surface area contributed by atoms with Gasteiger partial charge in [0.25, 0.3) is 5.91 Å². The fourth-order valence-corrected chi connectivity index (χ4v) is 3.04. The van der Waals surface area contributed by atoms with E-state index in [2.05, 4.69) is 4.98 Å². The van der Waals surface area contributed by atoms with Crippen molar-refractivity contribution in [2.45, 2.75) is 25.8 Å². The minimum Gasteiger partial charge on any atom is -0.399 e. The van der Waals surface area contributed by atoms with Gasteiger partial charge < -0.3 is 10.6 Å². The van der Waals surface area contributed by atoms with E-state index in [1.165, 1.54) is 0 Å². The summed E-state index contributed by atoms with van der Waals surface area (Å²) in [5, 5.41) is 0. The number of aromatic nitrogens is 1. The van der Waals surface area contributed by atoms with Crippen LogP contribution in [-0.2, 0) is 0 Å². The number of nitrogens with two attached hydrogens (primary N) is 1. The van der Waals surface area contributed by atoms with Gasteiger partial charge in [-0.15, -0.1) is 0 Å². The highest BCUT2D eigenvalue weighted by molar-refractivity contribution is 5.95. The first-order valence-electron chi connectivity index (χ1n) is 7.23. The van der Waals surface area contributed by atoms with Gasteiger partial charge in [0.15, 0.2) is 0 Å². The molecule has 2 heterocycles. The van der Waals surface area contributed by atoms with Gasteiger partial charge in [-0.3, -0.25) is 9.78 Å². The fourth-order valence-electron chi connectivity index (χ4n) is 3.04. The number of pyridine rings is 1. The number of carbonyl (C=O) groups excluding carboxylic acids is 1. The predicted octanol–water partition coefficient (Wildman–Crippen LogP) is 2.95. The molecule has 2 aromatic rings. The van der Waals surface area contributed by atoms with Crippen LogP contribution in [0.5, 0.6) is 0 Å². The number of likely N-dealkylation sites (tertiary alicyclic amines) is 1. The second-order valence-corrected chi connectivity index (χ2v) is 5.57. The molecule has 1 saturated heterocycles. The number of nitrogens with zero attached hydrogens (tertiary/aromatic N) is 2. The van der Waals surface area contributed by atoms with Gasteiger partial charge in [-0.1, -0.05) is 0 Å². The first-order valence-corrected chi connectivity index (χ1v) is 7.23. The third-order valence-electron chi connectivity index (χ3n) is 3.95. The Morgan fingerprint density at radius 1 is 1.29 bits per heavy atom. The molecule has 0 aliphatic carbocycles. The van der Waals surface area contributed by atoms with Crippen LogP contribution >= 0.6 is 0 Å². The number of anilines is 1. The zero-order chi connectivity index (χ0) is 14.8. The Hall–Kier alpha value is -2.36. The lowest BCUT2D eigenvalue weighted by Crippen LogP contribution is -2.30. The number of nitrogen functional groups attached to an aromatic ring is 1. The Bertz CT molecular complexity index is 634. The monoisotopic (exact) mass is 281 g/mol. The number of amides is 1. The zero-order valence-corrected chi connectivity index (χ0v) is 12.1. The molecule has 3 rings (SSSR count). The number of benzene rings is 1. The minimum absolute atomic E-state index is 0.0599. The summed E-state index contributed by atoms with van der Waals surface area (Å²) in [6.45, 7) is 2.75. The van der Waals surface area contributed by atoms with Crippen molar-refractivity contribution in [3.8, 4) is 0 Å². The zero-order valence-electron chi connectivity index (χ0n) is 12.1. The van der Waals surface area contributed by atoms with E-state index in [0.29, 0.717) is 11.3 Å². The molecule has 1 atom stereocenters. The summed E-state index contributed by atoms with van der Waals surface area (Å²) in [6.07, 6.45) is 5.58. The summed E-state index contributed by atoms with van der Waals surface area (Å²) < 4.78 is 0. The van der Waals surface area contributed by atoms with Gasteiger partial charge in [-0.05, 0) is 61.2 Å². The Labute approximate surface area is 124 Å². The molecule has 4 heteroatoms. The molecule has 1 amide bonds. The van der Waals surface area contributed by atoms with Crippen molar-refractivity contribution in [1.29, 1.82) is 0 Å². The van der Waals surface area contributed by atoms with E-state index in [1.807, 2.05) is 36.1 Å².